The van der Waals surface area contributed by atoms with Gasteiger partial charge in [0.05, 0.1) is 24.0 Å². The van der Waals surface area contributed by atoms with Gasteiger partial charge in [-0.25, -0.2) is 0 Å². The second-order valence-electron chi connectivity index (χ2n) is 6.65. The number of amides is 1. The monoisotopic (exact) mass is 369 g/mol. The van der Waals surface area contributed by atoms with Gasteiger partial charge in [0, 0.05) is 13.2 Å². The van der Waals surface area contributed by atoms with Gasteiger partial charge in [0.25, 0.3) is 5.91 Å². The molecule has 0 fully saturated rings. The van der Waals surface area contributed by atoms with Gasteiger partial charge in [-0.05, 0) is 38.0 Å². The molecule has 1 aromatic carbocycles. The van der Waals surface area contributed by atoms with Crippen molar-refractivity contribution in [1.29, 1.82) is 0 Å². The number of Topliss-reactive ketones (excluding diaryl/α,β-unsaturated/α-hetero) is 1. The highest BCUT2D eigenvalue weighted by Crippen LogP contribution is 2.38. The van der Waals surface area contributed by atoms with E-state index in [1.54, 1.807) is 6.07 Å². The molecule has 0 bridgehead atoms. The molecule has 2 heterocycles. The van der Waals surface area contributed by atoms with Crippen LogP contribution in [0.1, 0.15) is 42.4 Å². The number of hydrogen-bond acceptors (Lipinski definition) is 5. The first-order valence-corrected chi connectivity index (χ1v) is 8.99. The van der Waals surface area contributed by atoms with Gasteiger partial charge < -0.3 is 19.2 Å². The van der Waals surface area contributed by atoms with Gasteiger partial charge in [-0.1, -0.05) is 30.3 Å². The van der Waals surface area contributed by atoms with E-state index in [0.29, 0.717) is 19.6 Å². The van der Waals surface area contributed by atoms with Crippen LogP contribution in [0.4, 0.5) is 0 Å². The second-order valence-corrected chi connectivity index (χ2v) is 6.65. The fourth-order valence-corrected chi connectivity index (χ4v) is 3.19. The lowest BCUT2D eigenvalue weighted by atomic mass is 9.95. The molecule has 1 N–H and O–H groups in total. The zero-order chi connectivity index (χ0) is 19.4. The lowest BCUT2D eigenvalue weighted by Gasteiger charge is -2.26. The zero-order valence-electron chi connectivity index (χ0n) is 15.4. The van der Waals surface area contributed by atoms with Crippen LogP contribution >= 0.6 is 0 Å². The molecule has 1 aromatic heterocycles. The Hall–Kier alpha value is -2.86. The lowest BCUT2D eigenvalue weighted by Crippen LogP contribution is -2.32. The van der Waals surface area contributed by atoms with Crippen molar-refractivity contribution in [2.45, 2.75) is 32.4 Å². The van der Waals surface area contributed by atoms with E-state index in [2.05, 4.69) is 0 Å². The van der Waals surface area contributed by atoms with Crippen LogP contribution in [0.15, 0.2) is 64.5 Å². The number of furan rings is 1. The Bertz CT molecular complexity index is 824. The van der Waals surface area contributed by atoms with Gasteiger partial charge in [-0.3, -0.25) is 9.59 Å². The third-order valence-electron chi connectivity index (χ3n) is 4.40. The average Bonchev–Trinajstić information content (AvgIpc) is 3.28. The molecule has 6 nitrogen and oxygen atoms in total. The first kappa shape index (κ1) is 18.9. The second kappa shape index (κ2) is 8.22. The molecule has 3 rings (SSSR count). The van der Waals surface area contributed by atoms with E-state index in [1.807, 2.05) is 44.2 Å². The van der Waals surface area contributed by atoms with E-state index >= 15 is 0 Å². The summed E-state index contributed by atoms with van der Waals surface area (Å²) in [5, 5.41) is 10.5. The number of hydrogen-bond donors (Lipinski definition) is 1. The molecular formula is C21H23NO5. The summed E-state index contributed by atoms with van der Waals surface area (Å²) >= 11 is 0. The maximum absolute atomic E-state index is 12.9. The van der Waals surface area contributed by atoms with Crippen LogP contribution < -0.4 is 0 Å². The average molecular weight is 369 g/mol. The number of benzene rings is 1. The molecule has 1 aliphatic rings. The lowest BCUT2D eigenvalue weighted by molar-refractivity contribution is -0.129. The topological polar surface area (TPSA) is 80.0 Å². The molecule has 0 radical (unpaired) electrons. The predicted octanol–water partition coefficient (Wildman–Crippen LogP) is 3.67. The van der Waals surface area contributed by atoms with Gasteiger partial charge in [0.2, 0.25) is 5.78 Å². The Labute approximate surface area is 158 Å². The first-order valence-electron chi connectivity index (χ1n) is 8.99. The van der Waals surface area contributed by atoms with E-state index in [4.69, 9.17) is 9.15 Å². The summed E-state index contributed by atoms with van der Waals surface area (Å²) in [5.41, 5.74) is 0.806. The van der Waals surface area contributed by atoms with Crippen LogP contribution in [0, 0.1) is 0 Å². The van der Waals surface area contributed by atoms with Crippen molar-refractivity contribution >= 4 is 11.7 Å². The smallest absolute Gasteiger partial charge is 0.290 e. The van der Waals surface area contributed by atoms with E-state index in [9.17, 15) is 14.7 Å². The van der Waals surface area contributed by atoms with E-state index in [1.165, 1.54) is 17.2 Å². The molecule has 1 aliphatic heterocycles. The van der Waals surface area contributed by atoms with E-state index in [0.717, 1.165) is 5.56 Å². The molecule has 0 spiro atoms. The predicted molar refractivity (Wildman–Crippen MR) is 99.3 cm³/mol. The largest absolute Gasteiger partial charge is 0.503 e. The summed E-state index contributed by atoms with van der Waals surface area (Å²) in [4.78, 5) is 27.1. The third kappa shape index (κ3) is 3.95. The van der Waals surface area contributed by atoms with Crippen molar-refractivity contribution in [3.05, 3.63) is 71.4 Å². The van der Waals surface area contributed by atoms with Crippen molar-refractivity contribution < 1.29 is 23.8 Å². The molecule has 1 atom stereocenters. The fourth-order valence-electron chi connectivity index (χ4n) is 3.19. The van der Waals surface area contributed by atoms with Crippen molar-refractivity contribution in [3.8, 4) is 0 Å². The first-order chi connectivity index (χ1) is 13.0. The SMILES string of the molecule is CC(C)OCCCN1C(=O)C(O)=C(C(=O)c2ccco2)C1c1ccccc1. The van der Waals surface area contributed by atoms with Crippen LogP contribution in [0.5, 0.6) is 0 Å². The van der Waals surface area contributed by atoms with Crippen LogP contribution in [0.3, 0.4) is 0 Å². The molecule has 1 unspecified atom stereocenters. The Balaban J connectivity index is 1.91. The standard InChI is InChI=1S/C21H23NO5/c1-14(2)26-13-7-11-22-18(15-8-4-3-5-9-15)17(20(24)21(22)25)19(23)16-10-6-12-27-16/h3-6,8-10,12,14,18,24H,7,11,13H2,1-2H3. The van der Waals surface area contributed by atoms with Crippen LogP contribution in [0.2, 0.25) is 0 Å². The zero-order valence-corrected chi connectivity index (χ0v) is 15.4. The number of nitrogens with zero attached hydrogens (tertiary/aromatic N) is 1. The highest BCUT2D eigenvalue weighted by molar-refractivity contribution is 6.14. The number of aliphatic hydroxyl groups excluding tert-OH is 1. The van der Waals surface area contributed by atoms with Crippen molar-refractivity contribution in [3.63, 3.8) is 0 Å². The summed E-state index contributed by atoms with van der Waals surface area (Å²) in [5.74, 6) is -1.46. The Morgan fingerprint density at radius 1 is 1.22 bits per heavy atom. The van der Waals surface area contributed by atoms with Gasteiger partial charge in [-0.2, -0.15) is 0 Å². The van der Waals surface area contributed by atoms with Crippen molar-refractivity contribution in [1.82, 2.24) is 4.90 Å². The number of ketones is 1. The molecule has 0 saturated carbocycles. The van der Waals surface area contributed by atoms with Crippen molar-refractivity contribution in [2.24, 2.45) is 0 Å². The molecule has 2 aromatic rings. The van der Waals surface area contributed by atoms with Crippen LogP contribution in [0.25, 0.3) is 0 Å². The Morgan fingerprint density at radius 2 is 1.96 bits per heavy atom. The van der Waals surface area contributed by atoms with E-state index < -0.39 is 23.5 Å². The summed E-state index contributed by atoms with van der Waals surface area (Å²) < 4.78 is 10.7. The van der Waals surface area contributed by atoms with Gasteiger partial charge in [0.1, 0.15) is 0 Å². The van der Waals surface area contributed by atoms with Crippen LogP contribution in [-0.4, -0.2) is 41.0 Å². The van der Waals surface area contributed by atoms with Gasteiger partial charge >= 0.3 is 0 Å². The molecular weight excluding hydrogens is 346 g/mol. The summed E-state index contributed by atoms with van der Waals surface area (Å²) in [6.45, 7) is 4.75. The Kier molecular flexibility index (Phi) is 5.76. The summed E-state index contributed by atoms with van der Waals surface area (Å²) in [7, 11) is 0. The van der Waals surface area contributed by atoms with E-state index in [-0.39, 0.29) is 17.4 Å². The summed E-state index contributed by atoms with van der Waals surface area (Å²) in [6.07, 6.45) is 2.09. The molecule has 0 saturated heterocycles. The molecule has 142 valence electrons. The maximum atomic E-state index is 12.9. The maximum Gasteiger partial charge on any atom is 0.290 e. The minimum Gasteiger partial charge on any atom is -0.503 e. The third-order valence-corrected chi connectivity index (χ3v) is 4.40. The fraction of sp³-hybridized carbons (Fsp3) is 0.333. The molecule has 27 heavy (non-hydrogen) atoms. The number of ether oxygens (including phenoxy) is 1. The van der Waals surface area contributed by atoms with Gasteiger partial charge in [-0.15, -0.1) is 0 Å². The number of carbonyl (C=O) groups excluding carboxylic acids is 2. The quantitative estimate of drug-likeness (QED) is 0.567. The molecule has 0 aliphatic carbocycles. The van der Waals surface area contributed by atoms with Crippen molar-refractivity contribution in [2.75, 3.05) is 13.2 Å². The number of aliphatic hydroxyl groups is 1. The number of rotatable bonds is 8. The minimum atomic E-state index is -0.657. The minimum absolute atomic E-state index is 0.0472. The normalized spacial score (nSPS) is 17.2. The Morgan fingerprint density at radius 3 is 2.59 bits per heavy atom. The summed E-state index contributed by atoms with van der Waals surface area (Å²) in [6, 6.07) is 11.7. The van der Waals surface area contributed by atoms with Crippen LogP contribution in [-0.2, 0) is 9.53 Å². The molecule has 1 amide bonds. The highest BCUT2D eigenvalue weighted by Gasteiger charge is 2.44. The van der Waals surface area contributed by atoms with Gasteiger partial charge in [0.15, 0.2) is 11.5 Å². The molecule has 6 heteroatoms. The highest BCUT2D eigenvalue weighted by atomic mass is 16.5. The number of carbonyl (C=O) groups is 2.